The lowest BCUT2D eigenvalue weighted by Gasteiger charge is -2.49. The summed E-state index contributed by atoms with van der Waals surface area (Å²) >= 11 is 11.3. The molecule has 1 heterocycles. The minimum atomic E-state index is -0.308. The summed E-state index contributed by atoms with van der Waals surface area (Å²) in [4.78, 5) is 11.5. The van der Waals surface area contributed by atoms with Gasteiger partial charge in [0.05, 0.1) is 6.10 Å². The monoisotopic (exact) mass is 262 g/mol. The van der Waals surface area contributed by atoms with E-state index in [1.807, 2.05) is 13.8 Å². The largest absolute Gasteiger partial charge is 0.392 e. The van der Waals surface area contributed by atoms with E-state index in [2.05, 4.69) is 20.3 Å². The van der Waals surface area contributed by atoms with E-state index in [1.165, 1.54) is 0 Å². The van der Waals surface area contributed by atoms with Gasteiger partial charge in [0.1, 0.15) is 0 Å². The summed E-state index contributed by atoms with van der Waals surface area (Å²) in [6.07, 6.45) is 0.353. The molecule has 1 aromatic rings. The van der Waals surface area contributed by atoms with Gasteiger partial charge in [-0.2, -0.15) is 15.0 Å². The minimum absolute atomic E-state index is 0.0557. The maximum atomic E-state index is 9.59. The van der Waals surface area contributed by atoms with Crippen LogP contribution in [-0.4, -0.2) is 32.2 Å². The molecule has 0 saturated heterocycles. The molecule has 2 unspecified atom stereocenters. The molecule has 2 atom stereocenters. The topological polar surface area (TPSA) is 70.9 Å². The Labute approximate surface area is 103 Å². The number of nitrogens with zero attached hydrogens (tertiary/aromatic N) is 3. The van der Waals surface area contributed by atoms with E-state index in [4.69, 9.17) is 23.2 Å². The number of aliphatic hydroxyl groups excluding tert-OH is 1. The summed E-state index contributed by atoms with van der Waals surface area (Å²) in [7, 11) is 0. The van der Waals surface area contributed by atoms with Gasteiger partial charge in [-0.1, -0.05) is 13.8 Å². The summed E-state index contributed by atoms with van der Waals surface area (Å²) in [6.45, 7) is 3.95. The Hall–Kier alpha value is -0.650. The zero-order valence-corrected chi connectivity index (χ0v) is 10.4. The lowest BCUT2D eigenvalue weighted by molar-refractivity contribution is -0.0512. The summed E-state index contributed by atoms with van der Waals surface area (Å²) in [6, 6.07) is 0.108. The predicted molar refractivity (Wildman–Crippen MR) is 61.7 cm³/mol. The van der Waals surface area contributed by atoms with Gasteiger partial charge < -0.3 is 10.4 Å². The molecule has 0 aliphatic heterocycles. The van der Waals surface area contributed by atoms with Gasteiger partial charge in [-0.05, 0) is 29.6 Å². The first-order valence-corrected chi connectivity index (χ1v) is 5.67. The standard InChI is InChI=1S/C9H12Cl2N4O/c1-9(2)4(3-5(9)16)12-8-14-6(10)13-7(11)15-8/h4-5,16H,3H2,1-2H3,(H,12,13,14,15). The summed E-state index contributed by atoms with van der Waals surface area (Å²) in [5, 5.41) is 12.8. The molecule has 0 spiro atoms. The maximum absolute atomic E-state index is 9.59. The van der Waals surface area contributed by atoms with E-state index >= 15 is 0 Å². The molecule has 1 aliphatic carbocycles. The van der Waals surface area contributed by atoms with Crippen molar-refractivity contribution in [1.29, 1.82) is 0 Å². The first-order valence-electron chi connectivity index (χ1n) is 4.91. The number of nitrogens with one attached hydrogen (secondary N) is 1. The third kappa shape index (κ3) is 2.07. The second-order valence-corrected chi connectivity index (χ2v) is 5.14. The molecule has 2 N–H and O–H groups in total. The van der Waals surface area contributed by atoms with Crippen molar-refractivity contribution in [3.05, 3.63) is 10.6 Å². The molecule has 88 valence electrons. The molecule has 0 amide bonds. The van der Waals surface area contributed by atoms with Gasteiger partial charge in [0.2, 0.25) is 16.5 Å². The highest BCUT2D eigenvalue weighted by Gasteiger charge is 2.47. The lowest BCUT2D eigenvalue weighted by Crippen LogP contribution is -2.57. The molecule has 1 aliphatic rings. The highest BCUT2D eigenvalue weighted by Crippen LogP contribution is 2.41. The first kappa shape index (κ1) is 11.8. The number of aliphatic hydroxyl groups is 1. The Morgan fingerprint density at radius 3 is 2.25 bits per heavy atom. The van der Waals surface area contributed by atoms with Gasteiger partial charge in [0.15, 0.2) is 0 Å². The molecule has 0 radical (unpaired) electrons. The van der Waals surface area contributed by atoms with E-state index in [9.17, 15) is 5.11 Å². The van der Waals surface area contributed by atoms with E-state index in [-0.39, 0.29) is 28.1 Å². The third-order valence-electron chi connectivity index (χ3n) is 3.10. The predicted octanol–water partition coefficient (Wildman–Crippen LogP) is 1.75. The Bertz CT molecular complexity index is 392. The molecule has 1 saturated carbocycles. The molecule has 0 aromatic carbocycles. The van der Waals surface area contributed by atoms with Gasteiger partial charge in [0.25, 0.3) is 0 Å². The fourth-order valence-corrected chi connectivity index (χ4v) is 2.06. The number of halogens is 2. The van der Waals surface area contributed by atoms with Gasteiger partial charge in [-0.25, -0.2) is 0 Å². The highest BCUT2D eigenvalue weighted by molar-refractivity contribution is 6.31. The van der Waals surface area contributed by atoms with E-state index in [0.29, 0.717) is 12.4 Å². The Morgan fingerprint density at radius 1 is 1.25 bits per heavy atom. The molecule has 1 aromatic heterocycles. The van der Waals surface area contributed by atoms with E-state index in [0.717, 1.165) is 0 Å². The van der Waals surface area contributed by atoms with Crippen molar-refractivity contribution in [3.63, 3.8) is 0 Å². The zero-order valence-electron chi connectivity index (χ0n) is 8.91. The first-order chi connectivity index (χ1) is 7.39. The zero-order chi connectivity index (χ0) is 11.9. The van der Waals surface area contributed by atoms with E-state index in [1.54, 1.807) is 0 Å². The summed E-state index contributed by atoms with van der Waals surface area (Å²) in [5.41, 5.74) is -0.203. The number of hydrogen-bond donors (Lipinski definition) is 2. The molecule has 1 fully saturated rings. The van der Waals surface area contributed by atoms with Crippen LogP contribution < -0.4 is 5.32 Å². The van der Waals surface area contributed by atoms with Crippen molar-refractivity contribution in [2.24, 2.45) is 5.41 Å². The average molecular weight is 263 g/mol. The van der Waals surface area contributed by atoms with Crippen LogP contribution in [0.25, 0.3) is 0 Å². The van der Waals surface area contributed by atoms with Crippen LogP contribution in [-0.2, 0) is 0 Å². The van der Waals surface area contributed by atoms with Crippen LogP contribution in [0.4, 0.5) is 5.95 Å². The van der Waals surface area contributed by atoms with Crippen molar-refractivity contribution in [3.8, 4) is 0 Å². The SMILES string of the molecule is CC1(C)C(O)CC1Nc1nc(Cl)nc(Cl)n1. The van der Waals surface area contributed by atoms with Gasteiger partial charge in [-0.3, -0.25) is 0 Å². The Kier molecular flexibility index (Phi) is 2.94. The molecular weight excluding hydrogens is 251 g/mol. The fourth-order valence-electron chi connectivity index (χ4n) is 1.69. The average Bonchev–Trinajstić information content (AvgIpc) is 2.15. The molecule has 0 bridgehead atoms. The molecular formula is C9H12Cl2N4O. The quantitative estimate of drug-likeness (QED) is 0.850. The highest BCUT2D eigenvalue weighted by atomic mass is 35.5. The normalized spacial score (nSPS) is 27.3. The van der Waals surface area contributed by atoms with Crippen molar-refractivity contribution in [1.82, 2.24) is 15.0 Å². The minimum Gasteiger partial charge on any atom is -0.392 e. The van der Waals surface area contributed by atoms with Gasteiger partial charge in [-0.15, -0.1) is 0 Å². The van der Waals surface area contributed by atoms with Crippen molar-refractivity contribution in [2.45, 2.75) is 32.4 Å². The second-order valence-electron chi connectivity index (χ2n) is 4.47. The van der Waals surface area contributed by atoms with Crippen LogP contribution in [0.2, 0.25) is 10.6 Å². The van der Waals surface area contributed by atoms with Crippen molar-refractivity contribution in [2.75, 3.05) is 5.32 Å². The Morgan fingerprint density at radius 2 is 1.81 bits per heavy atom. The summed E-state index contributed by atoms with van der Waals surface area (Å²) in [5.74, 6) is 0.343. The van der Waals surface area contributed by atoms with Gasteiger partial charge in [0, 0.05) is 11.5 Å². The van der Waals surface area contributed by atoms with E-state index < -0.39 is 0 Å². The van der Waals surface area contributed by atoms with Crippen LogP contribution in [0.5, 0.6) is 0 Å². The summed E-state index contributed by atoms with van der Waals surface area (Å²) < 4.78 is 0. The van der Waals surface area contributed by atoms with Crippen molar-refractivity contribution < 1.29 is 5.11 Å². The molecule has 16 heavy (non-hydrogen) atoms. The fraction of sp³-hybridized carbons (Fsp3) is 0.667. The van der Waals surface area contributed by atoms with Crippen LogP contribution in [0, 0.1) is 5.41 Å². The molecule has 2 rings (SSSR count). The number of anilines is 1. The van der Waals surface area contributed by atoms with Crippen LogP contribution in [0.15, 0.2) is 0 Å². The Balaban J connectivity index is 2.11. The van der Waals surface area contributed by atoms with Crippen molar-refractivity contribution >= 4 is 29.2 Å². The number of hydrogen-bond acceptors (Lipinski definition) is 5. The van der Waals surface area contributed by atoms with Crippen LogP contribution in [0.3, 0.4) is 0 Å². The number of aromatic nitrogens is 3. The smallest absolute Gasteiger partial charge is 0.228 e. The maximum Gasteiger partial charge on any atom is 0.228 e. The van der Waals surface area contributed by atoms with Crippen LogP contribution >= 0.6 is 23.2 Å². The van der Waals surface area contributed by atoms with Crippen LogP contribution in [0.1, 0.15) is 20.3 Å². The number of rotatable bonds is 2. The third-order valence-corrected chi connectivity index (χ3v) is 3.44. The molecule has 7 heteroatoms. The molecule has 5 nitrogen and oxygen atoms in total. The second kappa shape index (κ2) is 3.98. The lowest BCUT2D eigenvalue weighted by atomic mass is 9.65. The van der Waals surface area contributed by atoms with Gasteiger partial charge >= 0.3 is 0 Å².